The van der Waals surface area contributed by atoms with Gasteiger partial charge < -0.3 is 10.6 Å². The Hall–Kier alpha value is -1.29. The van der Waals surface area contributed by atoms with Crippen LogP contribution in [-0.4, -0.2) is 23.5 Å². The summed E-state index contributed by atoms with van der Waals surface area (Å²) in [6.45, 7) is 8.95. The molecule has 1 amide bonds. The average Bonchev–Trinajstić information content (AvgIpc) is 2.37. The van der Waals surface area contributed by atoms with Crippen molar-refractivity contribution in [1.29, 1.82) is 0 Å². The van der Waals surface area contributed by atoms with Crippen LogP contribution in [0.1, 0.15) is 44.5 Å². The molecule has 1 unspecified atom stereocenters. The molecular formula is C14H22ClN3O. The van der Waals surface area contributed by atoms with E-state index >= 15 is 0 Å². The first kappa shape index (κ1) is 15.8. The number of hydrogen-bond donors (Lipinski definition) is 2. The number of pyridine rings is 1. The molecule has 4 nitrogen and oxygen atoms in total. The number of nitrogens with one attached hydrogen (secondary N) is 2. The van der Waals surface area contributed by atoms with E-state index in [0.717, 1.165) is 13.0 Å². The molecule has 0 spiro atoms. The summed E-state index contributed by atoms with van der Waals surface area (Å²) >= 11 is 6.08. The topological polar surface area (TPSA) is 54.0 Å². The van der Waals surface area contributed by atoms with Crippen molar-refractivity contribution in [2.75, 3.05) is 11.9 Å². The highest BCUT2D eigenvalue weighted by molar-refractivity contribution is 6.33. The van der Waals surface area contributed by atoms with Gasteiger partial charge in [-0.2, -0.15) is 0 Å². The molecule has 0 fully saturated rings. The number of rotatable bonds is 6. The molecule has 0 aromatic carbocycles. The highest BCUT2D eigenvalue weighted by Gasteiger charge is 2.16. The molecule has 0 aliphatic carbocycles. The fourth-order valence-corrected chi connectivity index (χ4v) is 2.08. The Morgan fingerprint density at radius 1 is 1.42 bits per heavy atom. The Labute approximate surface area is 120 Å². The summed E-state index contributed by atoms with van der Waals surface area (Å²) in [4.78, 5) is 16.3. The van der Waals surface area contributed by atoms with Gasteiger partial charge in [-0.25, -0.2) is 4.98 Å². The van der Waals surface area contributed by atoms with E-state index in [9.17, 15) is 4.79 Å². The van der Waals surface area contributed by atoms with Crippen molar-refractivity contribution in [1.82, 2.24) is 10.3 Å². The zero-order valence-corrected chi connectivity index (χ0v) is 12.7. The molecule has 0 saturated carbocycles. The molecule has 0 radical (unpaired) electrons. The van der Waals surface area contributed by atoms with E-state index in [4.69, 9.17) is 11.6 Å². The van der Waals surface area contributed by atoms with E-state index in [1.807, 2.05) is 6.92 Å². The normalized spacial score (nSPS) is 12.3. The van der Waals surface area contributed by atoms with Gasteiger partial charge in [-0.1, -0.05) is 32.4 Å². The van der Waals surface area contributed by atoms with Crippen molar-refractivity contribution in [3.8, 4) is 0 Å². The first-order chi connectivity index (χ1) is 8.99. The lowest BCUT2D eigenvalue weighted by Crippen LogP contribution is -2.38. The molecule has 0 bridgehead atoms. The first-order valence-corrected chi connectivity index (χ1v) is 7.07. The largest absolute Gasteiger partial charge is 0.369 e. The Kier molecular flexibility index (Phi) is 6.09. The van der Waals surface area contributed by atoms with Gasteiger partial charge in [-0.3, -0.25) is 4.79 Å². The van der Waals surface area contributed by atoms with Crippen LogP contribution in [-0.2, 0) is 0 Å². The summed E-state index contributed by atoms with van der Waals surface area (Å²) in [6, 6.07) is 1.81. The van der Waals surface area contributed by atoms with E-state index < -0.39 is 0 Å². The van der Waals surface area contributed by atoms with Gasteiger partial charge >= 0.3 is 0 Å². The summed E-state index contributed by atoms with van der Waals surface area (Å²) in [5, 5.41) is 6.51. The molecular weight excluding hydrogens is 262 g/mol. The molecule has 1 atom stereocenters. The molecule has 1 rings (SSSR count). The third-order valence-electron chi connectivity index (χ3n) is 3.01. The Morgan fingerprint density at radius 2 is 2.11 bits per heavy atom. The second kappa shape index (κ2) is 7.34. The second-order valence-corrected chi connectivity index (χ2v) is 5.22. The molecule has 0 saturated heterocycles. The fraction of sp³-hybridized carbons (Fsp3) is 0.571. The molecule has 1 heterocycles. The van der Waals surface area contributed by atoms with Crippen LogP contribution >= 0.6 is 11.6 Å². The van der Waals surface area contributed by atoms with Crippen molar-refractivity contribution in [3.05, 3.63) is 22.8 Å². The molecule has 5 heteroatoms. The average molecular weight is 284 g/mol. The molecule has 106 valence electrons. The van der Waals surface area contributed by atoms with Gasteiger partial charge in [0.05, 0.1) is 10.6 Å². The minimum absolute atomic E-state index is 0.127. The minimum Gasteiger partial charge on any atom is -0.369 e. The fourth-order valence-electron chi connectivity index (χ4n) is 1.85. The van der Waals surface area contributed by atoms with Gasteiger partial charge in [0.1, 0.15) is 5.82 Å². The second-order valence-electron chi connectivity index (χ2n) is 4.82. The number of carbonyl (C=O) groups is 1. The highest BCUT2D eigenvalue weighted by atomic mass is 35.5. The monoisotopic (exact) mass is 283 g/mol. The Balaban J connectivity index is 2.80. The molecule has 2 N–H and O–H groups in total. The van der Waals surface area contributed by atoms with Gasteiger partial charge in [-0.05, 0) is 25.3 Å². The number of aromatic nitrogens is 1. The predicted molar refractivity (Wildman–Crippen MR) is 79.8 cm³/mol. The molecule has 0 aliphatic heterocycles. The van der Waals surface area contributed by atoms with Crippen LogP contribution in [0.25, 0.3) is 0 Å². The summed E-state index contributed by atoms with van der Waals surface area (Å²) in [5.41, 5.74) is 0.491. The van der Waals surface area contributed by atoms with Gasteiger partial charge in [0.25, 0.3) is 5.91 Å². The third-order valence-corrected chi connectivity index (χ3v) is 3.30. The summed E-state index contributed by atoms with van der Waals surface area (Å²) in [5.74, 6) is 0.882. The van der Waals surface area contributed by atoms with Crippen LogP contribution in [0.5, 0.6) is 0 Å². The van der Waals surface area contributed by atoms with Crippen LogP contribution in [0.4, 0.5) is 5.82 Å². The lowest BCUT2D eigenvalue weighted by molar-refractivity contribution is 0.0924. The number of anilines is 1. The predicted octanol–water partition coefficient (Wildman–Crippen LogP) is 3.33. The summed E-state index contributed by atoms with van der Waals surface area (Å²) < 4.78 is 0. The quantitative estimate of drug-likeness (QED) is 0.842. The summed E-state index contributed by atoms with van der Waals surface area (Å²) in [7, 11) is 0. The zero-order chi connectivity index (χ0) is 14.4. The van der Waals surface area contributed by atoms with Crippen LogP contribution in [0.3, 0.4) is 0 Å². The van der Waals surface area contributed by atoms with Crippen molar-refractivity contribution in [3.63, 3.8) is 0 Å². The number of hydrogen-bond acceptors (Lipinski definition) is 3. The third kappa shape index (κ3) is 4.39. The maximum atomic E-state index is 12.1. The first-order valence-electron chi connectivity index (χ1n) is 6.69. The molecule has 19 heavy (non-hydrogen) atoms. The number of nitrogens with zero attached hydrogens (tertiary/aromatic N) is 1. The van der Waals surface area contributed by atoms with Crippen LogP contribution in [0.2, 0.25) is 5.02 Å². The maximum absolute atomic E-state index is 12.1. The molecule has 1 aromatic rings. The Morgan fingerprint density at radius 3 is 2.58 bits per heavy atom. The van der Waals surface area contributed by atoms with Gasteiger partial charge in [0.15, 0.2) is 0 Å². The van der Waals surface area contributed by atoms with Gasteiger partial charge in [0, 0.05) is 18.8 Å². The van der Waals surface area contributed by atoms with E-state index in [1.54, 1.807) is 12.3 Å². The van der Waals surface area contributed by atoms with Crippen molar-refractivity contribution >= 4 is 23.3 Å². The molecule has 1 aromatic heterocycles. The highest BCUT2D eigenvalue weighted by Crippen LogP contribution is 2.20. The number of halogens is 1. The maximum Gasteiger partial charge on any atom is 0.253 e. The number of amides is 1. The van der Waals surface area contributed by atoms with E-state index in [0.29, 0.717) is 22.3 Å². The SMILES string of the molecule is CCNc1ncc(C(=O)NC(CC)C(C)C)cc1Cl. The molecule has 0 aliphatic rings. The van der Waals surface area contributed by atoms with Crippen LogP contribution in [0.15, 0.2) is 12.3 Å². The van der Waals surface area contributed by atoms with Crippen molar-refractivity contribution in [2.24, 2.45) is 5.92 Å². The standard InChI is InChI=1S/C14H22ClN3O/c1-5-12(9(3)4)18-14(19)10-7-11(15)13(16-6-2)17-8-10/h7-9,12H,5-6H2,1-4H3,(H,16,17)(H,18,19). The van der Waals surface area contributed by atoms with E-state index in [2.05, 4.69) is 36.4 Å². The number of carbonyl (C=O) groups excluding carboxylic acids is 1. The van der Waals surface area contributed by atoms with Crippen LogP contribution in [0, 0.1) is 5.92 Å². The minimum atomic E-state index is -0.127. The summed E-state index contributed by atoms with van der Waals surface area (Å²) in [6.07, 6.45) is 2.45. The zero-order valence-electron chi connectivity index (χ0n) is 12.0. The van der Waals surface area contributed by atoms with Gasteiger partial charge in [0.2, 0.25) is 0 Å². The van der Waals surface area contributed by atoms with Crippen molar-refractivity contribution < 1.29 is 4.79 Å². The van der Waals surface area contributed by atoms with Gasteiger partial charge in [-0.15, -0.1) is 0 Å². The lowest BCUT2D eigenvalue weighted by Gasteiger charge is -2.20. The van der Waals surface area contributed by atoms with E-state index in [-0.39, 0.29) is 11.9 Å². The smallest absolute Gasteiger partial charge is 0.253 e. The van der Waals surface area contributed by atoms with E-state index in [1.165, 1.54) is 0 Å². The lowest BCUT2D eigenvalue weighted by atomic mass is 10.0. The van der Waals surface area contributed by atoms with Crippen LogP contribution < -0.4 is 10.6 Å². The van der Waals surface area contributed by atoms with Crippen molar-refractivity contribution in [2.45, 2.75) is 40.2 Å². The Bertz CT molecular complexity index is 435.